The van der Waals surface area contributed by atoms with Crippen molar-refractivity contribution in [1.82, 2.24) is 4.98 Å². The average molecular weight is 330 g/mol. The van der Waals surface area contributed by atoms with Crippen molar-refractivity contribution in [1.29, 1.82) is 0 Å². The highest BCUT2D eigenvalue weighted by Gasteiger charge is 2.28. The molecule has 0 spiro atoms. The first-order chi connectivity index (χ1) is 8.33. The molecule has 102 valence electrons. The van der Waals surface area contributed by atoms with Crippen molar-refractivity contribution in [2.24, 2.45) is 0 Å². The fraction of sp³-hybridized carbons (Fsp3) is 0.500. The molecule has 4 nitrogen and oxygen atoms in total. The van der Waals surface area contributed by atoms with E-state index >= 15 is 0 Å². The lowest BCUT2D eigenvalue weighted by Crippen LogP contribution is -2.20. The predicted molar refractivity (Wildman–Crippen MR) is 60.5 cm³/mol. The van der Waals surface area contributed by atoms with Crippen LogP contribution in [0.3, 0.4) is 0 Å². The molecule has 0 aliphatic carbocycles. The fourth-order valence-corrected chi connectivity index (χ4v) is 1.47. The number of halogens is 4. The smallest absolute Gasteiger partial charge is 0.422 e. The van der Waals surface area contributed by atoms with Crippen molar-refractivity contribution in [3.05, 3.63) is 23.9 Å². The van der Waals surface area contributed by atoms with Crippen molar-refractivity contribution in [2.75, 3.05) is 11.9 Å². The molecule has 0 saturated heterocycles. The van der Waals surface area contributed by atoms with Crippen LogP contribution in [-0.2, 0) is 0 Å². The molecule has 1 aromatic rings. The molecule has 2 unspecified atom stereocenters. The Morgan fingerprint density at radius 1 is 1.33 bits per heavy atom. The van der Waals surface area contributed by atoms with E-state index in [9.17, 15) is 23.4 Å². The van der Waals surface area contributed by atoms with Crippen LogP contribution in [-0.4, -0.2) is 39.4 Å². The van der Waals surface area contributed by atoms with E-state index in [1.165, 1.54) is 12.1 Å². The fourth-order valence-electron chi connectivity index (χ4n) is 1.11. The van der Waals surface area contributed by atoms with Gasteiger partial charge in [0.25, 0.3) is 0 Å². The van der Waals surface area contributed by atoms with Crippen molar-refractivity contribution >= 4 is 15.9 Å². The first-order valence-electron chi connectivity index (χ1n) is 4.91. The third kappa shape index (κ3) is 4.79. The molecular formula is C10H11BrF3NO3. The average Bonchev–Trinajstić information content (AvgIpc) is 2.34. The lowest BCUT2D eigenvalue weighted by atomic mass is 10.1. The second kappa shape index (κ2) is 6.35. The second-order valence-corrected chi connectivity index (χ2v) is 4.15. The van der Waals surface area contributed by atoms with Crippen LogP contribution in [0.25, 0.3) is 0 Å². The Balaban J connectivity index is 2.63. The van der Waals surface area contributed by atoms with E-state index in [2.05, 4.69) is 25.7 Å². The van der Waals surface area contributed by atoms with Gasteiger partial charge in [-0.25, -0.2) is 4.98 Å². The van der Waals surface area contributed by atoms with E-state index in [1.807, 2.05) is 0 Å². The normalized spacial score (nSPS) is 15.2. The molecule has 0 fully saturated rings. The monoisotopic (exact) mass is 329 g/mol. The van der Waals surface area contributed by atoms with Gasteiger partial charge < -0.3 is 14.9 Å². The van der Waals surface area contributed by atoms with E-state index in [0.29, 0.717) is 5.56 Å². The Hall–Kier alpha value is -0.860. The van der Waals surface area contributed by atoms with E-state index in [1.54, 1.807) is 0 Å². The molecule has 1 heterocycles. The minimum absolute atomic E-state index is 0.167. The molecule has 0 saturated carbocycles. The molecule has 0 bridgehead atoms. The first-order valence-corrected chi connectivity index (χ1v) is 6.03. The van der Waals surface area contributed by atoms with Crippen molar-refractivity contribution < 1.29 is 28.1 Å². The molecule has 2 atom stereocenters. The Morgan fingerprint density at radius 2 is 2.00 bits per heavy atom. The van der Waals surface area contributed by atoms with Crippen LogP contribution in [0.4, 0.5) is 13.2 Å². The standard InChI is InChI=1S/C10H11BrF3NO3/c11-3-7(16)9(17)6-1-2-8(15-4-6)18-5-10(12,13)14/h1-2,4,7,9,16-17H,3,5H2. The van der Waals surface area contributed by atoms with Crippen LogP contribution in [0.15, 0.2) is 18.3 Å². The minimum Gasteiger partial charge on any atom is -0.468 e. The van der Waals surface area contributed by atoms with Gasteiger partial charge in [-0.2, -0.15) is 13.2 Å². The Labute approximate surface area is 110 Å². The molecule has 1 aromatic heterocycles. The molecule has 0 amide bonds. The summed E-state index contributed by atoms with van der Waals surface area (Å²) >= 11 is 2.99. The lowest BCUT2D eigenvalue weighted by molar-refractivity contribution is -0.154. The Kier molecular flexibility index (Phi) is 5.36. The maximum absolute atomic E-state index is 11.9. The van der Waals surface area contributed by atoms with Gasteiger partial charge in [-0.1, -0.05) is 15.9 Å². The highest BCUT2D eigenvalue weighted by Crippen LogP contribution is 2.21. The minimum atomic E-state index is -4.42. The van der Waals surface area contributed by atoms with Crippen molar-refractivity contribution in [3.8, 4) is 5.88 Å². The summed E-state index contributed by atoms with van der Waals surface area (Å²) in [7, 11) is 0. The van der Waals surface area contributed by atoms with E-state index in [-0.39, 0.29) is 11.2 Å². The van der Waals surface area contributed by atoms with Crippen molar-refractivity contribution in [2.45, 2.75) is 18.4 Å². The SMILES string of the molecule is OC(CBr)C(O)c1ccc(OCC(F)(F)F)nc1. The van der Waals surface area contributed by atoms with Crippen LogP contribution in [0.5, 0.6) is 5.88 Å². The van der Waals surface area contributed by atoms with Crippen LogP contribution in [0.1, 0.15) is 11.7 Å². The van der Waals surface area contributed by atoms with E-state index < -0.39 is 25.0 Å². The van der Waals surface area contributed by atoms with Gasteiger partial charge in [-0.15, -0.1) is 0 Å². The zero-order chi connectivity index (χ0) is 13.8. The molecule has 18 heavy (non-hydrogen) atoms. The summed E-state index contributed by atoms with van der Waals surface area (Å²) < 4.78 is 40.0. The lowest BCUT2D eigenvalue weighted by Gasteiger charge is -2.15. The number of pyridine rings is 1. The Bertz CT molecular complexity index is 372. The summed E-state index contributed by atoms with van der Waals surface area (Å²) in [5, 5.41) is 19.1. The van der Waals surface area contributed by atoms with Crippen LogP contribution >= 0.6 is 15.9 Å². The topological polar surface area (TPSA) is 62.6 Å². The van der Waals surface area contributed by atoms with Gasteiger partial charge in [-0.05, 0) is 6.07 Å². The number of alkyl halides is 4. The van der Waals surface area contributed by atoms with E-state index in [0.717, 1.165) is 6.20 Å². The zero-order valence-corrected chi connectivity index (χ0v) is 10.6. The molecule has 0 radical (unpaired) electrons. The number of rotatable bonds is 5. The maximum Gasteiger partial charge on any atom is 0.422 e. The number of aliphatic hydroxyl groups is 2. The molecule has 1 rings (SSSR count). The van der Waals surface area contributed by atoms with Gasteiger partial charge in [0.1, 0.15) is 6.10 Å². The number of hydrogen-bond donors (Lipinski definition) is 2. The van der Waals surface area contributed by atoms with E-state index in [4.69, 9.17) is 0 Å². The quantitative estimate of drug-likeness (QED) is 0.809. The number of ether oxygens (including phenoxy) is 1. The third-order valence-corrected chi connectivity index (χ3v) is 2.67. The van der Waals surface area contributed by atoms with Gasteiger partial charge in [0.2, 0.25) is 5.88 Å². The Morgan fingerprint density at radius 3 is 2.44 bits per heavy atom. The summed E-state index contributed by atoms with van der Waals surface area (Å²) in [6, 6.07) is 2.54. The van der Waals surface area contributed by atoms with Crippen molar-refractivity contribution in [3.63, 3.8) is 0 Å². The number of aromatic nitrogens is 1. The summed E-state index contributed by atoms with van der Waals surface area (Å²) in [5.41, 5.74) is 0.293. The van der Waals surface area contributed by atoms with Gasteiger partial charge in [0.15, 0.2) is 6.61 Å². The second-order valence-electron chi connectivity index (χ2n) is 3.50. The number of nitrogens with zero attached hydrogens (tertiary/aromatic N) is 1. The van der Waals surface area contributed by atoms with Crippen LogP contribution < -0.4 is 4.74 Å². The highest BCUT2D eigenvalue weighted by atomic mass is 79.9. The molecular weight excluding hydrogens is 319 g/mol. The zero-order valence-electron chi connectivity index (χ0n) is 9.06. The predicted octanol–water partition coefficient (Wildman–Crippen LogP) is 1.81. The number of hydrogen-bond acceptors (Lipinski definition) is 4. The van der Waals surface area contributed by atoms with Gasteiger partial charge in [-0.3, -0.25) is 0 Å². The molecule has 0 aliphatic rings. The summed E-state index contributed by atoms with van der Waals surface area (Å²) in [4.78, 5) is 3.61. The maximum atomic E-state index is 11.9. The summed E-state index contributed by atoms with van der Waals surface area (Å²) in [6.07, 6.45) is -5.45. The highest BCUT2D eigenvalue weighted by molar-refractivity contribution is 9.09. The van der Waals surface area contributed by atoms with Crippen LogP contribution in [0, 0.1) is 0 Å². The van der Waals surface area contributed by atoms with Crippen LogP contribution in [0.2, 0.25) is 0 Å². The first kappa shape index (κ1) is 15.2. The largest absolute Gasteiger partial charge is 0.468 e. The molecule has 8 heteroatoms. The van der Waals surface area contributed by atoms with Gasteiger partial charge in [0.05, 0.1) is 6.10 Å². The third-order valence-electron chi connectivity index (χ3n) is 2.01. The molecule has 0 aromatic carbocycles. The molecule has 0 aliphatic heterocycles. The molecule has 2 N–H and O–H groups in total. The number of aliphatic hydroxyl groups excluding tert-OH is 2. The van der Waals surface area contributed by atoms with Gasteiger partial charge in [0, 0.05) is 23.2 Å². The van der Waals surface area contributed by atoms with Gasteiger partial charge >= 0.3 is 6.18 Å². The summed E-state index contributed by atoms with van der Waals surface area (Å²) in [6.45, 7) is -1.42. The summed E-state index contributed by atoms with van der Waals surface area (Å²) in [5.74, 6) is -0.198.